The maximum Gasteiger partial charge on any atom is 0.270 e. The Morgan fingerprint density at radius 3 is 2.67 bits per heavy atom. The lowest BCUT2D eigenvalue weighted by atomic mass is 10.2. The van der Waals surface area contributed by atoms with E-state index in [4.69, 9.17) is 21.1 Å². The lowest BCUT2D eigenvalue weighted by molar-refractivity contribution is -0.384. The highest BCUT2D eigenvalue weighted by molar-refractivity contribution is 7.22. The van der Waals surface area contributed by atoms with Gasteiger partial charge in [0, 0.05) is 29.1 Å². The molecule has 3 aromatic carbocycles. The van der Waals surface area contributed by atoms with Crippen molar-refractivity contribution in [2.75, 3.05) is 18.6 Å². The maximum absolute atomic E-state index is 11.2. The number of hydrogen-bond acceptors (Lipinski definition) is 8. The Kier molecular flexibility index (Phi) is 7.33. The molecule has 0 amide bonds. The topological polar surface area (TPSA) is 98.9 Å². The van der Waals surface area contributed by atoms with E-state index in [0.717, 1.165) is 16.0 Å². The highest BCUT2D eigenvalue weighted by atomic mass is 35.5. The van der Waals surface area contributed by atoms with Crippen molar-refractivity contribution in [2.24, 2.45) is 5.10 Å². The molecule has 168 valence electrons. The van der Waals surface area contributed by atoms with Crippen molar-refractivity contribution in [2.45, 2.75) is 6.42 Å². The van der Waals surface area contributed by atoms with Crippen molar-refractivity contribution in [3.05, 3.63) is 87.4 Å². The van der Waals surface area contributed by atoms with Gasteiger partial charge in [-0.15, -0.1) is 0 Å². The van der Waals surface area contributed by atoms with E-state index in [-0.39, 0.29) is 5.69 Å². The fourth-order valence-electron chi connectivity index (χ4n) is 2.92. The minimum atomic E-state index is -0.456. The fourth-order valence-corrected chi connectivity index (χ4v) is 3.86. The first-order chi connectivity index (χ1) is 16.1. The van der Waals surface area contributed by atoms with Crippen LogP contribution in [0.5, 0.6) is 11.5 Å². The number of hydrogen-bond donors (Lipinski definition) is 1. The number of rotatable bonds is 10. The van der Waals surface area contributed by atoms with Crippen LogP contribution >= 0.6 is 22.9 Å². The molecule has 0 aliphatic rings. The molecule has 0 fully saturated rings. The number of halogens is 1. The van der Waals surface area contributed by atoms with Gasteiger partial charge in [-0.1, -0.05) is 35.1 Å². The number of nitro groups is 1. The first kappa shape index (κ1) is 22.5. The van der Waals surface area contributed by atoms with Crippen molar-refractivity contribution < 1.29 is 14.4 Å². The van der Waals surface area contributed by atoms with Crippen LogP contribution in [0.15, 0.2) is 71.8 Å². The quantitative estimate of drug-likeness (QED) is 0.126. The van der Waals surface area contributed by atoms with Gasteiger partial charge >= 0.3 is 0 Å². The zero-order chi connectivity index (χ0) is 23.0. The van der Waals surface area contributed by atoms with Gasteiger partial charge in [0.05, 0.1) is 34.6 Å². The van der Waals surface area contributed by atoms with E-state index in [0.29, 0.717) is 41.1 Å². The molecule has 0 bridgehead atoms. The summed E-state index contributed by atoms with van der Waals surface area (Å²) in [5, 5.41) is 16.7. The standard InChI is InChI=1S/C23H19ClN4O4S/c24-17-6-9-19(10-7-17)31-12-3-13-32-21-11-8-18(28(29)30)14-16(21)15-25-27-23-26-20-4-1-2-5-22(20)33-23/h1-2,4-11,14-15H,3,12-13H2,(H,26,27)/b25-15-. The smallest absolute Gasteiger partial charge is 0.270 e. The van der Waals surface area contributed by atoms with E-state index < -0.39 is 4.92 Å². The minimum Gasteiger partial charge on any atom is -0.493 e. The largest absolute Gasteiger partial charge is 0.493 e. The van der Waals surface area contributed by atoms with E-state index in [1.165, 1.54) is 29.7 Å². The van der Waals surface area contributed by atoms with Gasteiger partial charge < -0.3 is 9.47 Å². The summed E-state index contributed by atoms with van der Waals surface area (Å²) in [6.45, 7) is 0.828. The number of benzene rings is 3. The number of aromatic nitrogens is 1. The molecule has 10 heteroatoms. The van der Waals surface area contributed by atoms with Crippen LogP contribution < -0.4 is 14.9 Å². The molecule has 0 aliphatic carbocycles. The van der Waals surface area contributed by atoms with Crippen LogP contribution in [0, 0.1) is 10.1 Å². The number of thiazole rings is 1. The molecule has 1 heterocycles. The van der Waals surface area contributed by atoms with Crippen molar-refractivity contribution in [1.29, 1.82) is 0 Å². The summed E-state index contributed by atoms with van der Waals surface area (Å²) in [7, 11) is 0. The van der Waals surface area contributed by atoms with E-state index in [1.54, 1.807) is 30.3 Å². The lowest BCUT2D eigenvalue weighted by Crippen LogP contribution is -2.06. The number of para-hydroxylation sites is 1. The number of nitro benzene ring substituents is 1. The summed E-state index contributed by atoms with van der Waals surface area (Å²) >= 11 is 7.33. The molecule has 0 aliphatic heterocycles. The third kappa shape index (κ3) is 6.18. The number of hydrazone groups is 1. The van der Waals surface area contributed by atoms with Crippen molar-refractivity contribution in [3.63, 3.8) is 0 Å². The fraction of sp³-hybridized carbons (Fsp3) is 0.130. The summed E-state index contributed by atoms with van der Waals surface area (Å²) in [6.07, 6.45) is 2.11. The Labute approximate surface area is 198 Å². The second-order valence-electron chi connectivity index (χ2n) is 6.84. The number of non-ortho nitro benzene ring substituents is 1. The van der Waals surface area contributed by atoms with Crippen LogP contribution in [0.4, 0.5) is 10.8 Å². The van der Waals surface area contributed by atoms with Crippen LogP contribution in [0.2, 0.25) is 5.02 Å². The molecule has 0 saturated heterocycles. The van der Waals surface area contributed by atoms with E-state index in [1.807, 2.05) is 24.3 Å². The number of fused-ring (bicyclic) bond motifs is 1. The van der Waals surface area contributed by atoms with Crippen LogP contribution in [0.3, 0.4) is 0 Å². The van der Waals surface area contributed by atoms with Crippen molar-refractivity contribution in [1.82, 2.24) is 4.98 Å². The van der Waals surface area contributed by atoms with Crippen LogP contribution in [0.25, 0.3) is 10.2 Å². The Bertz CT molecular complexity index is 1240. The molecule has 4 rings (SSSR count). The van der Waals surface area contributed by atoms with Crippen LogP contribution in [-0.2, 0) is 0 Å². The number of anilines is 1. The molecule has 4 aromatic rings. The third-order valence-electron chi connectivity index (χ3n) is 4.49. The molecular weight excluding hydrogens is 464 g/mol. The predicted octanol–water partition coefficient (Wildman–Crippen LogP) is 6.15. The summed E-state index contributed by atoms with van der Waals surface area (Å²) in [6, 6.07) is 19.3. The Morgan fingerprint density at radius 2 is 1.88 bits per heavy atom. The molecular formula is C23H19ClN4O4S. The van der Waals surface area contributed by atoms with Crippen LogP contribution in [0.1, 0.15) is 12.0 Å². The third-order valence-corrected chi connectivity index (χ3v) is 5.68. The van der Waals surface area contributed by atoms with Gasteiger partial charge in [-0.25, -0.2) is 4.98 Å². The Morgan fingerprint density at radius 1 is 1.09 bits per heavy atom. The molecule has 33 heavy (non-hydrogen) atoms. The summed E-state index contributed by atoms with van der Waals surface area (Å²) in [5.74, 6) is 1.21. The van der Waals surface area contributed by atoms with Crippen molar-refractivity contribution >= 4 is 50.2 Å². The highest BCUT2D eigenvalue weighted by Crippen LogP contribution is 2.26. The molecule has 0 spiro atoms. The van der Waals surface area contributed by atoms with Gasteiger partial charge in [0.1, 0.15) is 11.5 Å². The average Bonchev–Trinajstić information content (AvgIpc) is 3.23. The summed E-state index contributed by atoms with van der Waals surface area (Å²) in [5.41, 5.74) is 4.19. The second-order valence-corrected chi connectivity index (χ2v) is 8.31. The number of nitrogens with one attached hydrogen (secondary N) is 1. The number of nitrogens with zero attached hydrogens (tertiary/aromatic N) is 3. The van der Waals surface area contributed by atoms with Gasteiger partial charge in [-0.2, -0.15) is 5.10 Å². The average molecular weight is 483 g/mol. The molecule has 8 nitrogen and oxygen atoms in total. The second kappa shape index (κ2) is 10.8. The van der Waals surface area contributed by atoms with Gasteiger partial charge in [0.25, 0.3) is 5.69 Å². The first-order valence-corrected chi connectivity index (χ1v) is 11.2. The SMILES string of the molecule is O=[N+]([O-])c1ccc(OCCCOc2ccc(Cl)cc2)c(/C=N\Nc2nc3ccccc3s2)c1. The van der Waals surface area contributed by atoms with Gasteiger partial charge in [0.2, 0.25) is 5.13 Å². The number of ether oxygens (including phenoxy) is 2. The molecule has 0 saturated carbocycles. The molecule has 1 aromatic heterocycles. The molecule has 1 N–H and O–H groups in total. The lowest BCUT2D eigenvalue weighted by Gasteiger charge is -2.10. The van der Waals surface area contributed by atoms with Crippen LogP contribution in [-0.4, -0.2) is 29.3 Å². The summed E-state index contributed by atoms with van der Waals surface area (Å²) in [4.78, 5) is 15.2. The zero-order valence-electron chi connectivity index (χ0n) is 17.3. The molecule has 0 atom stereocenters. The highest BCUT2D eigenvalue weighted by Gasteiger charge is 2.11. The van der Waals surface area contributed by atoms with E-state index >= 15 is 0 Å². The normalized spacial score (nSPS) is 11.1. The van der Waals surface area contributed by atoms with Gasteiger partial charge in [0.15, 0.2) is 0 Å². The maximum atomic E-state index is 11.2. The first-order valence-electron chi connectivity index (χ1n) is 10.0. The minimum absolute atomic E-state index is 0.0464. The monoisotopic (exact) mass is 482 g/mol. The predicted molar refractivity (Wildman–Crippen MR) is 131 cm³/mol. The molecule has 0 radical (unpaired) electrons. The zero-order valence-corrected chi connectivity index (χ0v) is 18.9. The van der Waals surface area contributed by atoms with E-state index in [2.05, 4.69) is 15.5 Å². The Balaban J connectivity index is 1.37. The molecule has 0 unspecified atom stereocenters. The summed E-state index contributed by atoms with van der Waals surface area (Å²) < 4.78 is 12.5. The Hall–Kier alpha value is -3.69. The van der Waals surface area contributed by atoms with E-state index in [9.17, 15) is 10.1 Å². The van der Waals surface area contributed by atoms with Crippen molar-refractivity contribution in [3.8, 4) is 11.5 Å². The van der Waals surface area contributed by atoms with Gasteiger partial charge in [-0.3, -0.25) is 15.5 Å². The van der Waals surface area contributed by atoms with Gasteiger partial charge in [-0.05, 0) is 42.5 Å².